The van der Waals surface area contributed by atoms with Crippen LogP contribution >= 0.6 is 11.6 Å². The molecule has 0 saturated carbocycles. The lowest BCUT2D eigenvalue weighted by Gasteiger charge is -2.02. The summed E-state index contributed by atoms with van der Waals surface area (Å²) in [6.45, 7) is 0.689. The SMILES string of the molecule is COc1ccc(C(Cl)=NCCc2ccccc2)cc1. The maximum atomic E-state index is 6.18. The molecule has 0 unspecified atom stereocenters. The van der Waals surface area contributed by atoms with Crippen LogP contribution in [0.2, 0.25) is 0 Å². The van der Waals surface area contributed by atoms with Gasteiger partial charge in [0.25, 0.3) is 0 Å². The van der Waals surface area contributed by atoms with E-state index in [0.29, 0.717) is 11.7 Å². The first-order valence-corrected chi connectivity index (χ1v) is 6.55. The van der Waals surface area contributed by atoms with Crippen LogP contribution in [0, 0.1) is 0 Å². The van der Waals surface area contributed by atoms with E-state index in [2.05, 4.69) is 17.1 Å². The molecule has 2 aromatic rings. The van der Waals surface area contributed by atoms with Gasteiger partial charge in [-0.05, 0) is 36.2 Å². The average Bonchev–Trinajstić information content (AvgIpc) is 2.48. The van der Waals surface area contributed by atoms with Gasteiger partial charge in [0, 0.05) is 12.1 Å². The minimum absolute atomic E-state index is 0.540. The standard InChI is InChI=1S/C16H16ClNO/c1-19-15-9-7-14(8-10-15)16(17)18-12-11-13-5-3-2-4-6-13/h2-10H,11-12H2,1H3. The summed E-state index contributed by atoms with van der Waals surface area (Å²) in [6.07, 6.45) is 0.896. The largest absolute Gasteiger partial charge is 0.497 e. The van der Waals surface area contributed by atoms with E-state index >= 15 is 0 Å². The Labute approximate surface area is 118 Å². The van der Waals surface area contributed by atoms with Gasteiger partial charge in [-0.1, -0.05) is 41.9 Å². The van der Waals surface area contributed by atoms with E-state index in [1.54, 1.807) is 7.11 Å². The zero-order chi connectivity index (χ0) is 13.5. The Morgan fingerprint density at radius 2 is 1.74 bits per heavy atom. The molecule has 0 spiro atoms. The average molecular weight is 274 g/mol. The van der Waals surface area contributed by atoms with E-state index in [1.165, 1.54) is 5.56 Å². The molecule has 98 valence electrons. The second kappa shape index (κ2) is 6.95. The number of rotatable bonds is 5. The van der Waals surface area contributed by atoms with Crippen molar-refractivity contribution in [2.75, 3.05) is 13.7 Å². The third-order valence-electron chi connectivity index (χ3n) is 2.82. The molecule has 0 amide bonds. The molecule has 0 aromatic heterocycles. The molecular formula is C16H16ClNO. The molecule has 0 saturated heterocycles. The smallest absolute Gasteiger partial charge is 0.130 e. The topological polar surface area (TPSA) is 21.6 Å². The highest BCUT2D eigenvalue weighted by atomic mass is 35.5. The number of benzene rings is 2. The van der Waals surface area contributed by atoms with Crippen molar-refractivity contribution < 1.29 is 4.74 Å². The Balaban J connectivity index is 1.94. The van der Waals surface area contributed by atoms with Crippen LogP contribution in [0.15, 0.2) is 59.6 Å². The zero-order valence-electron chi connectivity index (χ0n) is 10.8. The number of ether oxygens (including phenoxy) is 1. The Hall–Kier alpha value is -1.80. The molecule has 19 heavy (non-hydrogen) atoms. The molecule has 0 aliphatic rings. The predicted octanol–water partition coefficient (Wildman–Crippen LogP) is 3.92. The molecule has 0 atom stereocenters. The fourth-order valence-electron chi connectivity index (χ4n) is 1.75. The van der Waals surface area contributed by atoms with Gasteiger partial charge >= 0.3 is 0 Å². The first-order valence-electron chi connectivity index (χ1n) is 6.18. The maximum absolute atomic E-state index is 6.18. The van der Waals surface area contributed by atoms with Crippen LogP contribution in [0.1, 0.15) is 11.1 Å². The van der Waals surface area contributed by atoms with Crippen LogP contribution in [0.5, 0.6) is 5.75 Å². The van der Waals surface area contributed by atoms with E-state index in [-0.39, 0.29) is 0 Å². The third-order valence-corrected chi connectivity index (χ3v) is 3.16. The number of nitrogens with zero attached hydrogens (tertiary/aromatic N) is 1. The number of methoxy groups -OCH3 is 1. The fraction of sp³-hybridized carbons (Fsp3) is 0.188. The van der Waals surface area contributed by atoms with Gasteiger partial charge in [0.2, 0.25) is 0 Å². The molecule has 2 aromatic carbocycles. The van der Waals surface area contributed by atoms with E-state index in [1.807, 2.05) is 42.5 Å². The number of aliphatic imine (C=N–C) groups is 1. The first kappa shape index (κ1) is 13.6. The van der Waals surface area contributed by atoms with Crippen molar-refractivity contribution in [1.82, 2.24) is 0 Å². The van der Waals surface area contributed by atoms with Crippen molar-refractivity contribution >= 4 is 16.8 Å². The molecule has 0 N–H and O–H groups in total. The highest BCUT2D eigenvalue weighted by Gasteiger charge is 2.00. The van der Waals surface area contributed by atoms with Crippen LogP contribution < -0.4 is 4.74 Å². The molecule has 0 aliphatic carbocycles. The Kier molecular flexibility index (Phi) is 4.99. The second-order valence-corrected chi connectivity index (χ2v) is 4.49. The van der Waals surface area contributed by atoms with Crippen molar-refractivity contribution in [2.24, 2.45) is 4.99 Å². The minimum atomic E-state index is 0.540. The highest BCUT2D eigenvalue weighted by Crippen LogP contribution is 2.13. The van der Waals surface area contributed by atoms with Gasteiger partial charge in [-0.3, -0.25) is 4.99 Å². The van der Waals surface area contributed by atoms with Crippen LogP contribution in [0.4, 0.5) is 0 Å². The Morgan fingerprint density at radius 3 is 2.37 bits per heavy atom. The number of halogens is 1. The van der Waals surface area contributed by atoms with Crippen molar-refractivity contribution in [3.8, 4) is 5.75 Å². The van der Waals surface area contributed by atoms with Crippen molar-refractivity contribution in [3.63, 3.8) is 0 Å². The normalized spacial score (nSPS) is 11.4. The lowest BCUT2D eigenvalue weighted by molar-refractivity contribution is 0.415. The van der Waals surface area contributed by atoms with Gasteiger partial charge < -0.3 is 4.74 Å². The van der Waals surface area contributed by atoms with Gasteiger partial charge in [-0.2, -0.15) is 0 Å². The van der Waals surface area contributed by atoms with Gasteiger partial charge in [-0.15, -0.1) is 0 Å². The summed E-state index contributed by atoms with van der Waals surface area (Å²) in [5.41, 5.74) is 2.18. The summed E-state index contributed by atoms with van der Waals surface area (Å²) in [7, 11) is 1.64. The Bertz CT molecular complexity index is 534. The maximum Gasteiger partial charge on any atom is 0.130 e. The quantitative estimate of drug-likeness (QED) is 0.757. The van der Waals surface area contributed by atoms with Crippen LogP contribution in [-0.4, -0.2) is 18.8 Å². The molecule has 0 bridgehead atoms. The first-order chi connectivity index (χ1) is 9.29. The van der Waals surface area contributed by atoms with Crippen LogP contribution in [0.3, 0.4) is 0 Å². The van der Waals surface area contributed by atoms with Crippen molar-refractivity contribution in [3.05, 3.63) is 65.7 Å². The highest BCUT2D eigenvalue weighted by molar-refractivity contribution is 6.69. The third kappa shape index (κ3) is 4.11. The van der Waals surface area contributed by atoms with Gasteiger partial charge in [0.05, 0.1) is 7.11 Å². The monoisotopic (exact) mass is 273 g/mol. The summed E-state index contributed by atoms with van der Waals surface area (Å²) >= 11 is 6.18. The molecule has 0 aliphatic heterocycles. The van der Waals surface area contributed by atoms with Gasteiger partial charge in [-0.25, -0.2) is 0 Å². The number of hydrogen-bond acceptors (Lipinski definition) is 2. The zero-order valence-corrected chi connectivity index (χ0v) is 11.6. The van der Waals surface area contributed by atoms with Crippen LogP contribution in [-0.2, 0) is 6.42 Å². The second-order valence-electron chi connectivity index (χ2n) is 4.14. The number of hydrogen-bond donors (Lipinski definition) is 0. The molecule has 0 fully saturated rings. The summed E-state index contributed by atoms with van der Waals surface area (Å²) < 4.78 is 5.10. The summed E-state index contributed by atoms with van der Waals surface area (Å²) in [4.78, 5) is 4.39. The van der Waals surface area contributed by atoms with E-state index < -0.39 is 0 Å². The van der Waals surface area contributed by atoms with Crippen molar-refractivity contribution in [1.29, 1.82) is 0 Å². The molecule has 3 heteroatoms. The molecule has 0 radical (unpaired) electrons. The molecule has 2 rings (SSSR count). The lowest BCUT2D eigenvalue weighted by Crippen LogP contribution is -1.96. The lowest BCUT2D eigenvalue weighted by atomic mass is 10.1. The van der Waals surface area contributed by atoms with E-state index in [0.717, 1.165) is 17.7 Å². The van der Waals surface area contributed by atoms with Gasteiger partial charge in [0.1, 0.15) is 10.9 Å². The Morgan fingerprint density at radius 1 is 1.05 bits per heavy atom. The molecule has 2 nitrogen and oxygen atoms in total. The minimum Gasteiger partial charge on any atom is -0.497 e. The van der Waals surface area contributed by atoms with E-state index in [4.69, 9.17) is 16.3 Å². The van der Waals surface area contributed by atoms with E-state index in [9.17, 15) is 0 Å². The molecular weight excluding hydrogens is 258 g/mol. The fourth-order valence-corrected chi connectivity index (χ4v) is 1.96. The summed E-state index contributed by atoms with van der Waals surface area (Å²) in [6, 6.07) is 17.8. The molecule has 0 heterocycles. The van der Waals surface area contributed by atoms with Crippen LogP contribution in [0.25, 0.3) is 0 Å². The predicted molar refractivity (Wildman–Crippen MR) is 80.4 cm³/mol. The van der Waals surface area contributed by atoms with Crippen molar-refractivity contribution in [2.45, 2.75) is 6.42 Å². The van der Waals surface area contributed by atoms with Gasteiger partial charge in [0.15, 0.2) is 0 Å². The summed E-state index contributed by atoms with van der Waals surface area (Å²) in [5.74, 6) is 0.817. The summed E-state index contributed by atoms with van der Waals surface area (Å²) in [5, 5.41) is 0.540.